The van der Waals surface area contributed by atoms with E-state index in [4.69, 9.17) is 0 Å². The average molecular weight is 319 g/mol. The van der Waals surface area contributed by atoms with E-state index in [1.165, 1.54) is 18.1 Å². The van der Waals surface area contributed by atoms with Crippen molar-refractivity contribution in [1.29, 1.82) is 0 Å². The molecule has 1 aromatic rings. The molecule has 23 heavy (non-hydrogen) atoms. The number of benzene rings is 1. The first-order chi connectivity index (χ1) is 10.8. The van der Waals surface area contributed by atoms with Crippen LogP contribution in [0.3, 0.4) is 0 Å². The topological polar surface area (TPSA) is 70.2 Å². The third kappa shape index (κ3) is 8.24. The van der Waals surface area contributed by atoms with Gasteiger partial charge in [0.2, 0.25) is 5.91 Å². The van der Waals surface area contributed by atoms with E-state index in [0.29, 0.717) is 19.6 Å². The second kappa shape index (κ2) is 9.18. The van der Waals surface area contributed by atoms with Crippen LogP contribution in [-0.2, 0) is 16.6 Å². The Morgan fingerprint density at radius 2 is 1.48 bits per heavy atom. The maximum absolute atomic E-state index is 11.6. The van der Waals surface area contributed by atoms with Crippen LogP contribution in [0.25, 0.3) is 0 Å². The summed E-state index contributed by atoms with van der Waals surface area (Å²) in [7, 11) is 0. The van der Waals surface area contributed by atoms with E-state index < -0.39 is 0 Å². The summed E-state index contributed by atoms with van der Waals surface area (Å²) in [5.74, 6) is -0.0491. The van der Waals surface area contributed by atoms with Crippen LogP contribution < -0.4 is 16.0 Å². The summed E-state index contributed by atoms with van der Waals surface area (Å²) >= 11 is 0. The van der Waals surface area contributed by atoms with E-state index in [0.717, 1.165) is 12.8 Å². The van der Waals surface area contributed by atoms with Crippen LogP contribution in [0.1, 0.15) is 45.2 Å². The van der Waals surface area contributed by atoms with E-state index >= 15 is 0 Å². The minimum absolute atomic E-state index is 0.0491. The Morgan fingerprint density at radius 3 is 2.04 bits per heavy atom. The Kier molecular flexibility index (Phi) is 7.59. The van der Waals surface area contributed by atoms with Crippen molar-refractivity contribution in [2.75, 3.05) is 19.6 Å². The lowest BCUT2D eigenvalue weighted by Gasteiger charge is -2.19. The number of urea groups is 1. The molecular weight excluding hydrogens is 290 g/mol. The molecule has 1 rings (SSSR count). The fraction of sp³-hybridized carbons (Fsp3) is 0.556. The first kappa shape index (κ1) is 19.0. The molecule has 5 heteroatoms. The summed E-state index contributed by atoms with van der Waals surface area (Å²) in [6.45, 7) is 9.79. The third-order valence-electron chi connectivity index (χ3n) is 3.53. The van der Waals surface area contributed by atoms with Gasteiger partial charge in [-0.1, -0.05) is 45.0 Å². The van der Waals surface area contributed by atoms with Gasteiger partial charge in [0.25, 0.3) is 0 Å². The zero-order valence-corrected chi connectivity index (χ0v) is 14.7. The molecule has 0 unspecified atom stereocenters. The summed E-state index contributed by atoms with van der Waals surface area (Å²) in [6, 6.07) is 8.37. The molecule has 0 saturated carbocycles. The normalized spacial score (nSPS) is 11.0. The molecule has 3 N–H and O–H groups in total. The molecule has 3 amide bonds. The summed E-state index contributed by atoms with van der Waals surface area (Å²) in [6.07, 6.45) is 1.53. The Morgan fingerprint density at radius 1 is 0.913 bits per heavy atom. The molecule has 1 aromatic carbocycles. The van der Waals surface area contributed by atoms with Gasteiger partial charge >= 0.3 is 6.03 Å². The molecule has 0 aromatic heterocycles. The van der Waals surface area contributed by atoms with Gasteiger partial charge in [-0.3, -0.25) is 4.79 Å². The van der Waals surface area contributed by atoms with Crippen LogP contribution in [0.2, 0.25) is 0 Å². The molecule has 0 bridgehead atoms. The molecule has 5 nitrogen and oxygen atoms in total. The van der Waals surface area contributed by atoms with E-state index in [-0.39, 0.29) is 17.4 Å². The lowest BCUT2D eigenvalue weighted by molar-refractivity contribution is -0.118. The van der Waals surface area contributed by atoms with Crippen molar-refractivity contribution in [3.05, 3.63) is 35.4 Å². The molecule has 0 aliphatic heterocycles. The van der Waals surface area contributed by atoms with E-state index in [1.54, 1.807) is 0 Å². The van der Waals surface area contributed by atoms with Crippen molar-refractivity contribution in [3.63, 3.8) is 0 Å². The lowest BCUT2D eigenvalue weighted by atomic mass is 9.86. The third-order valence-corrected chi connectivity index (χ3v) is 3.53. The van der Waals surface area contributed by atoms with Gasteiger partial charge in [0, 0.05) is 26.6 Å². The highest BCUT2D eigenvalue weighted by Gasteiger charge is 2.12. The first-order valence-corrected chi connectivity index (χ1v) is 8.14. The molecule has 0 aliphatic carbocycles. The zero-order chi connectivity index (χ0) is 17.3. The second-order valence-corrected chi connectivity index (χ2v) is 6.72. The SMILES string of the molecule is CC(=O)NCCCNC(=O)NCCc1ccc(C(C)(C)C)cc1. The van der Waals surface area contributed by atoms with Crippen LogP contribution in [0.15, 0.2) is 24.3 Å². The molecule has 0 spiro atoms. The summed E-state index contributed by atoms with van der Waals surface area (Å²) in [4.78, 5) is 22.3. The number of carbonyl (C=O) groups is 2. The van der Waals surface area contributed by atoms with Gasteiger partial charge in [0.05, 0.1) is 0 Å². The number of hydrogen-bond donors (Lipinski definition) is 3. The van der Waals surface area contributed by atoms with Gasteiger partial charge in [-0.2, -0.15) is 0 Å². The molecule has 0 radical (unpaired) electrons. The molecule has 0 aliphatic rings. The molecule has 0 atom stereocenters. The van der Waals surface area contributed by atoms with Crippen LogP contribution in [0, 0.1) is 0 Å². The molecular formula is C18H29N3O2. The van der Waals surface area contributed by atoms with Gasteiger partial charge in [-0.05, 0) is 29.4 Å². The van der Waals surface area contributed by atoms with Crippen molar-refractivity contribution in [2.24, 2.45) is 0 Å². The van der Waals surface area contributed by atoms with Crippen LogP contribution in [-0.4, -0.2) is 31.6 Å². The number of nitrogens with one attached hydrogen (secondary N) is 3. The van der Waals surface area contributed by atoms with Crippen molar-refractivity contribution in [3.8, 4) is 0 Å². The standard InChI is InChI=1S/C18H29N3O2/c1-14(22)19-11-5-12-20-17(23)21-13-10-15-6-8-16(9-7-15)18(2,3)4/h6-9H,5,10-13H2,1-4H3,(H,19,22)(H2,20,21,23). The lowest BCUT2D eigenvalue weighted by Crippen LogP contribution is -2.38. The number of carbonyl (C=O) groups excluding carboxylic acids is 2. The van der Waals surface area contributed by atoms with Gasteiger partial charge in [0.1, 0.15) is 0 Å². The predicted octanol–water partition coefficient (Wildman–Crippen LogP) is 2.35. The number of rotatable bonds is 7. The fourth-order valence-electron chi connectivity index (χ4n) is 2.11. The summed E-state index contributed by atoms with van der Waals surface area (Å²) in [5, 5.41) is 8.30. The highest BCUT2D eigenvalue weighted by molar-refractivity contribution is 5.74. The average Bonchev–Trinajstić information content (AvgIpc) is 2.46. The van der Waals surface area contributed by atoms with Crippen molar-refractivity contribution >= 4 is 11.9 Å². The van der Waals surface area contributed by atoms with E-state index in [1.807, 2.05) is 0 Å². The Hall–Kier alpha value is -2.04. The number of amides is 3. The van der Waals surface area contributed by atoms with Crippen LogP contribution in [0.5, 0.6) is 0 Å². The first-order valence-electron chi connectivity index (χ1n) is 8.14. The minimum Gasteiger partial charge on any atom is -0.356 e. The van der Waals surface area contributed by atoms with Gasteiger partial charge in [-0.15, -0.1) is 0 Å². The van der Waals surface area contributed by atoms with Gasteiger partial charge < -0.3 is 16.0 Å². The molecule has 0 fully saturated rings. The van der Waals surface area contributed by atoms with E-state index in [9.17, 15) is 9.59 Å². The van der Waals surface area contributed by atoms with E-state index in [2.05, 4.69) is 61.0 Å². The maximum atomic E-state index is 11.6. The highest BCUT2D eigenvalue weighted by Crippen LogP contribution is 2.22. The Labute approximate surface area is 139 Å². The van der Waals surface area contributed by atoms with Crippen LogP contribution >= 0.6 is 0 Å². The molecule has 128 valence electrons. The Bertz CT molecular complexity index is 504. The quantitative estimate of drug-likeness (QED) is 0.675. The summed E-state index contributed by atoms with van der Waals surface area (Å²) in [5.41, 5.74) is 2.68. The Balaban J connectivity index is 2.18. The second-order valence-electron chi connectivity index (χ2n) is 6.72. The smallest absolute Gasteiger partial charge is 0.314 e. The van der Waals surface area contributed by atoms with Crippen molar-refractivity contribution < 1.29 is 9.59 Å². The highest BCUT2D eigenvalue weighted by atomic mass is 16.2. The number of hydrogen-bond acceptors (Lipinski definition) is 2. The zero-order valence-electron chi connectivity index (χ0n) is 14.7. The van der Waals surface area contributed by atoms with Crippen molar-refractivity contribution in [2.45, 2.75) is 46.0 Å². The predicted molar refractivity (Wildman–Crippen MR) is 93.5 cm³/mol. The molecule has 0 saturated heterocycles. The fourth-order valence-corrected chi connectivity index (χ4v) is 2.11. The van der Waals surface area contributed by atoms with Crippen LogP contribution in [0.4, 0.5) is 4.79 Å². The largest absolute Gasteiger partial charge is 0.356 e. The summed E-state index contributed by atoms with van der Waals surface area (Å²) < 4.78 is 0. The maximum Gasteiger partial charge on any atom is 0.314 e. The van der Waals surface area contributed by atoms with Gasteiger partial charge in [0.15, 0.2) is 0 Å². The van der Waals surface area contributed by atoms with Crippen molar-refractivity contribution in [1.82, 2.24) is 16.0 Å². The van der Waals surface area contributed by atoms with Gasteiger partial charge in [-0.25, -0.2) is 4.79 Å². The molecule has 0 heterocycles. The monoisotopic (exact) mass is 319 g/mol. The minimum atomic E-state index is -0.167.